The number of hydrogen-bond acceptors (Lipinski definition) is 4. The second-order valence-corrected chi connectivity index (χ2v) is 2.83. The van der Waals surface area contributed by atoms with Gasteiger partial charge in [-0.05, 0) is 5.92 Å². The maximum Gasteiger partial charge on any atom is 0.274 e. The van der Waals surface area contributed by atoms with E-state index < -0.39 is 17.4 Å². The maximum absolute atomic E-state index is 11.0. The topological polar surface area (TPSA) is 92.8 Å². The van der Waals surface area contributed by atoms with Crippen LogP contribution in [-0.2, 0) is 9.59 Å². The molecule has 0 aromatic rings. The van der Waals surface area contributed by atoms with Crippen LogP contribution >= 0.6 is 0 Å². The summed E-state index contributed by atoms with van der Waals surface area (Å²) in [6, 6.07) is 0. The first-order chi connectivity index (χ1) is 5.49. The molecule has 0 aromatic carbocycles. The highest BCUT2D eigenvalue weighted by Gasteiger charge is 2.18. The molecule has 0 spiro atoms. The van der Waals surface area contributed by atoms with E-state index in [0.29, 0.717) is 0 Å². The Kier molecular flexibility index (Phi) is 3.96. The van der Waals surface area contributed by atoms with Crippen molar-refractivity contribution in [1.29, 1.82) is 0 Å². The molecule has 0 radical (unpaired) electrons. The quantitative estimate of drug-likeness (QED) is 0.269. The number of ketones is 1. The molecular formula is C7H12N2O3. The molecule has 0 aromatic heterocycles. The van der Waals surface area contributed by atoms with Crippen LogP contribution in [0.2, 0.25) is 0 Å². The third-order valence-corrected chi connectivity index (χ3v) is 1.19. The lowest BCUT2D eigenvalue weighted by Crippen LogP contribution is -2.31. The van der Waals surface area contributed by atoms with Crippen molar-refractivity contribution in [2.45, 2.75) is 20.3 Å². The molecule has 0 saturated carbocycles. The Balaban J connectivity index is 4.35. The Hall–Kier alpha value is -1.39. The predicted molar refractivity (Wildman–Crippen MR) is 42.9 cm³/mol. The number of Topliss-reactive ketones (excluding diaryl/α,β-unsaturated/α-hetero) is 1. The third-order valence-electron chi connectivity index (χ3n) is 1.19. The van der Waals surface area contributed by atoms with Crippen molar-refractivity contribution in [2.75, 3.05) is 0 Å². The lowest BCUT2D eigenvalue weighted by atomic mass is 10.0. The Morgan fingerprint density at radius 2 is 2.00 bits per heavy atom. The normalized spacial score (nSPS) is 11.8. The van der Waals surface area contributed by atoms with E-state index in [1.807, 2.05) is 13.8 Å². The number of primary amides is 1. The molecule has 0 unspecified atom stereocenters. The van der Waals surface area contributed by atoms with Crippen molar-refractivity contribution >= 4 is 17.4 Å². The van der Waals surface area contributed by atoms with E-state index in [1.165, 1.54) is 0 Å². The molecule has 1 amide bonds. The van der Waals surface area contributed by atoms with Crippen LogP contribution in [0.1, 0.15) is 20.3 Å². The van der Waals surface area contributed by atoms with E-state index in [9.17, 15) is 9.59 Å². The van der Waals surface area contributed by atoms with Crippen LogP contribution < -0.4 is 5.73 Å². The van der Waals surface area contributed by atoms with Crippen molar-refractivity contribution in [3.05, 3.63) is 0 Å². The summed E-state index contributed by atoms with van der Waals surface area (Å²) in [4.78, 5) is 21.5. The standard InChI is InChI=1S/C7H12N2O3/c1-4(2)3-5(10)6(9-12)7(8)11/h4,12H,3H2,1-2H3,(H2,8,11). The second kappa shape index (κ2) is 4.48. The Morgan fingerprint density at radius 3 is 2.25 bits per heavy atom. The highest BCUT2D eigenvalue weighted by atomic mass is 16.4. The third kappa shape index (κ3) is 3.14. The number of amides is 1. The zero-order valence-corrected chi connectivity index (χ0v) is 7.07. The highest BCUT2D eigenvalue weighted by molar-refractivity contribution is 6.65. The molecule has 5 heteroatoms. The first-order valence-electron chi connectivity index (χ1n) is 3.54. The number of nitrogens with two attached hydrogens (primary N) is 1. The molecular weight excluding hydrogens is 160 g/mol. The minimum atomic E-state index is -0.997. The van der Waals surface area contributed by atoms with Crippen molar-refractivity contribution in [3.8, 4) is 0 Å². The van der Waals surface area contributed by atoms with Gasteiger partial charge in [-0.15, -0.1) is 0 Å². The minimum Gasteiger partial charge on any atom is -0.410 e. The lowest BCUT2D eigenvalue weighted by Gasteiger charge is -2.01. The van der Waals surface area contributed by atoms with Crippen molar-refractivity contribution < 1.29 is 14.8 Å². The summed E-state index contributed by atoms with van der Waals surface area (Å²) >= 11 is 0. The van der Waals surface area contributed by atoms with Crippen LogP contribution in [0.15, 0.2) is 5.16 Å². The van der Waals surface area contributed by atoms with Gasteiger partial charge in [-0.1, -0.05) is 19.0 Å². The molecule has 0 rings (SSSR count). The van der Waals surface area contributed by atoms with E-state index in [1.54, 1.807) is 0 Å². The molecule has 0 aliphatic carbocycles. The molecule has 68 valence electrons. The van der Waals surface area contributed by atoms with Crippen LogP contribution in [0.5, 0.6) is 0 Å². The number of hydrogen-bond donors (Lipinski definition) is 2. The van der Waals surface area contributed by atoms with Gasteiger partial charge in [0.1, 0.15) is 0 Å². The summed E-state index contributed by atoms with van der Waals surface area (Å²) in [7, 11) is 0. The number of nitrogens with zero attached hydrogens (tertiary/aromatic N) is 1. The van der Waals surface area contributed by atoms with Gasteiger partial charge in [0.25, 0.3) is 5.91 Å². The van der Waals surface area contributed by atoms with Gasteiger partial charge in [-0.2, -0.15) is 0 Å². The number of carbonyl (C=O) groups is 2. The van der Waals surface area contributed by atoms with Crippen LogP contribution in [0.3, 0.4) is 0 Å². The molecule has 5 nitrogen and oxygen atoms in total. The monoisotopic (exact) mass is 172 g/mol. The maximum atomic E-state index is 11.0. The van der Waals surface area contributed by atoms with Gasteiger partial charge in [0.05, 0.1) is 0 Å². The molecule has 0 atom stereocenters. The summed E-state index contributed by atoms with van der Waals surface area (Å²) in [5, 5.41) is 10.8. The summed E-state index contributed by atoms with van der Waals surface area (Å²) in [5.74, 6) is -1.42. The van der Waals surface area contributed by atoms with Gasteiger partial charge in [0.2, 0.25) is 5.71 Å². The van der Waals surface area contributed by atoms with Gasteiger partial charge in [0.15, 0.2) is 5.78 Å². The largest absolute Gasteiger partial charge is 0.410 e. The fraction of sp³-hybridized carbons (Fsp3) is 0.571. The molecule has 0 aliphatic rings. The van der Waals surface area contributed by atoms with E-state index in [-0.39, 0.29) is 12.3 Å². The van der Waals surface area contributed by atoms with E-state index in [0.717, 1.165) is 0 Å². The Labute approximate surface area is 70.2 Å². The van der Waals surface area contributed by atoms with E-state index >= 15 is 0 Å². The molecule has 0 heterocycles. The summed E-state index contributed by atoms with van der Waals surface area (Å²) in [5.41, 5.74) is 4.19. The molecule has 0 fully saturated rings. The summed E-state index contributed by atoms with van der Waals surface area (Å²) in [6.07, 6.45) is 0.155. The van der Waals surface area contributed by atoms with Gasteiger partial charge in [-0.3, -0.25) is 9.59 Å². The molecule has 0 aliphatic heterocycles. The SMILES string of the molecule is CC(C)CC(=O)C(=NO)C(N)=O. The highest BCUT2D eigenvalue weighted by Crippen LogP contribution is 2.01. The first kappa shape index (κ1) is 10.6. The molecule has 0 bridgehead atoms. The Morgan fingerprint density at radius 1 is 1.50 bits per heavy atom. The molecule has 3 N–H and O–H groups in total. The number of carbonyl (C=O) groups excluding carboxylic acids is 2. The van der Waals surface area contributed by atoms with Crippen molar-refractivity contribution in [3.63, 3.8) is 0 Å². The zero-order valence-electron chi connectivity index (χ0n) is 7.07. The number of rotatable bonds is 4. The van der Waals surface area contributed by atoms with Gasteiger partial charge in [-0.25, -0.2) is 0 Å². The molecule has 0 saturated heterocycles. The fourth-order valence-electron chi connectivity index (χ4n) is 0.710. The number of oxime groups is 1. The zero-order chi connectivity index (χ0) is 9.72. The first-order valence-corrected chi connectivity index (χ1v) is 3.54. The van der Waals surface area contributed by atoms with Crippen molar-refractivity contribution in [1.82, 2.24) is 0 Å². The van der Waals surface area contributed by atoms with Crippen molar-refractivity contribution in [2.24, 2.45) is 16.8 Å². The Bertz CT molecular complexity index is 221. The average molecular weight is 172 g/mol. The second-order valence-electron chi connectivity index (χ2n) is 2.83. The van der Waals surface area contributed by atoms with Gasteiger partial charge < -0.3 is 10.9 Å². The molecule has 12 heavy (non-hydrogen) atoms. The smallest absolute Gasteiger partial charge is 0.274 e. The van der Waals surface area contributed by atoms with E-state index in [4.69, 9.17) is 10.9 Å². The van der Waals surface area contributed by atoms with Gasteiger partial charge >= 0.3 is 0 Å². The van der Waals surface area contributed by atoms with Crippen LogP contribution in [0, 0.1) is 5.92 Å². The van der Waals surface area contributed by atoms with E-state index in [2.05, 4.69) is 5.16 Å². The summed E-state index contributed by atoms with van der Waals surface area (Å²) < 4.78 is 0. The lowest BCUT2D eigenvalue weighted by molar-refractivity contribution is -0.117. The summed E-state index contributed by atoms with van der Waals surface area (Å²) in [6.45, 7) is 3.63. The van der Waals surface area contributed by atoms with Crippen LogP contribution in [0.25, 0.3) is 0 Å². The minimum absolute atomic E-state index is 0.105. The predicted octanol–water partition coefficient (Wildman–Crippen LogP) is -0.0829. The average Bonchev–Trinajstić information content (AvgIpc) is 1.85. The van der Waals surface area contributed by atoms with Crippen LogP contribution in [0.4, 0.5) is 0 Å². The fourth-order valence-corrected chi connectivity index (χ4v) is 0.710. The van der Waals surface area contributed by atoms with Gasteiger partial charge in [0, 0.05) is 6.42 Å². The van der Waals surface area contributed by atoms with Crippen LogP contribution in [-0.4, -0.2) is 22.6 Å².